The molecule has 0 bridgehead atoms. The fourth-order valence-corrected chi connectivity index (χ4v) is 5.23. The first-order chi connectivity index (χ1) is 11.5. The minimum Gasteiger partial charge on any atom is -0.497 e. The van der Waals surface area contributed by atoms with Gasteiger partial charge in [0.25, 0.3) is 0 Å². The number of nitrogens with zero attached hydrogens (tertiary/aromatic N) is 2. The molecule has 2 aliphatic rings. The number of carbonyl (C=O) groups excluding carboxylic acids is 1. The van der Waals surface area contributed by atoms with Crippen molar-refractivity contribution in [3.8, 4) is 5.75 Å². The van der Waals surface area contributed by atoms with Crippen molar-refractivity contribution in [2.45, 2.75) is 18.9 Å². The van der Waals surface area contributed by atoms with E-state index in [-0.39, 0.29) is 17.7 Å². The Morgan fingerprint density at radius 1 is 1.25 bits per heavy atom. The van der Waals surface area contributed by atoms with Crippen LogP contribution in [0.5, 0.6) is 5.75 Å². The van der Waals surface area contributed by atoms with Crippen molar-refractivity contribution in [2.24, 2.45) is 0 Å². The molecule has 132 valence electrons. The van der Waals surface area contributed by atoms with Gasteiger partial charge in [-0.3, -0.25) is 9.69 Å². The lowest BCUT2D eigenvalue weighted by Gasteiger charge is -2.37. The molecule has 1 atom stereocenters. The van der Waals surface area contributed by atoms with Crippen molar-refractivity contribution in [3.05, 3.63) is 29.8 Å². The Hall–Kier alpha value is -1.60. The van der Waals surface area contributed by atoms with E-state index in [0.717, 1.165) is 30.8 Å². The maximum atomic E-state index is 12.5. The Labute approximate surface area is 143 Å². The molecule has 24 heavy (non-hydrogen) atoms. The number of amides is 1. The minimum absolute atomic E-state index is 0.113. The van der Waals surface area contributed by atoms with Gasteiger partial charge in [0.15, 0.2) is 9.84 Å². The first-order valence-corrected chi connectivity index (χ1v) is 10.1. The monoisotopic (exact) mass is 352 g/mol. The second-order valence-corrected chi connectivity index (χ2v) is 8.73. The van der Waals surface area contributed by atoms with Gasteiger partial charge >= 0.3 is 0 Å². The number of rotatable bonds is 4. The van der Waals surface area contributed by atoms with Gasteiger partial charge in [0, 0.05) is 32.2 Å². The van der Waals surface area contributed by atoms with Crippen LogP contribution in [0.3, 0.4) is 0 Å². The smallest absolute Gasteiger partial charge is 0.227 e. The predicted molar refractivity (Wildman–Crippen MR) is 91.9 cm³/mol. The molecule has 2 heterocycles. The van der Waals surface area contributed by atoms with Gasteiger partial charge in [0.2, 0.25) is 5.91 Å². The maximum absolute atomic E-state index is 12.5. The zero-order chi connectivity index (χ0) is 17.2. The van der Waals surface area contributed by atoms with Crippen LogP contribution in [-0.4, -0.2) is 75.0 Å². The molecule has 1 amide bonds. The third-order valence-electron chi connectivity index (χ3n) is 4.88. The van der Waals surface area contributed by atoms with Crippen LogP contribution in [0.1, 0.15) is 12.0 Å². The van der Waals surface area contributed by atoms with Crippen LogP contribution in [0, 0.1) is 0 Å². The summed E-state index contributed by atoms with van der Waals surface area (Å²) >= 11 is 0. The van der Waals surface area contributed by atoms with Gasteiger partial charge in [0.1, 0.15) is 5.75 Å². The number of piperazine rings is 1. The Morgan fingerprint density at radius 3 is 2.62 bits per heavy atom. The van der Waals surface area contributed by atoms with E-state index in [0.29, 0.717) is 25.3 Å². The summed E-state index contributed by atoms with van der Waals surface area (Å²) < 4.78 is 28.4. The zero-order valence-electron chi connectivity index (χ0n) is 14.0. The summed E-state index contributed by atoms with van der Waals surface area (Å²) in [5, 5.41) is 0. The normalized spacial score (nSPS) is 24.0. The van der Waals surface area contributed by atoms with Gasteiger partial charge in [-0.25, -0.2) is 8.42 Å². The van der Waals surface area contributed by atoms with Crippen LogP contribution in [0.2, 0.25) is 0 Å². The standard InChI is InChI=1S/C17H24N2O4S/c1-23-16-4-2-3-14(11-16)12-17(20)19-8-6-18(7-9-19)15-5-10-24(21,22)13-15/h2-4,11,15H,5-10,12-13H2,1H3. The van der Waals surface area contributed by atoms with E-state index < -0.39 is 9.84 Å². The summed E-state index contributed by atoms with van der Waals surface area (Å²) in [6.45, 7) is 2.84. The van der Waals surface area contributed by atoms with Crippen LogP contribution in [0.15, 0.2) is 24.3 Å². The lowest BCUT2D eigenvalue weighted by Crippen LogP contribution is -2.52. The molecule has 2 aliphatic heterocycles. The summed E-state index contributed by atoms with van der Waals surface area (Å²) in [5.41, 5.74) is 0.948. The Balaban J connectivity index is 1.52. The highest BCUT2D eigenvalue weighted by Gasteiger charge is 2.34. The van der Waals surface area contributed by atoms with Crippen molar-refractivity contribution in [2.75, 3.05) is 44.8 Å². The van der Waals surface area contributed by atoms with Crippen molar-refractivity contribution < 1.29 is 17.9 Å². The van der Waals surface area contributed by atoms with Crippen LogP contribution >= 0.6 is 0 Å². The average Bonchev–Trinajstić information content (AvgIpc) is 2.95. The molecule has 3 rings (SSSR count). The lowest BCUT2D eigenvalue weighted by molar-refractivity contribution is -0.132. The molecule has 0 saturated carbocycles. The van der Waals surface area contributed by atoms with Crippen molar-refractivity contribution in [3.63, 3.8) is 0 Å². The lowest BCUT2D eigenvalue weighted by atomic mass is 10.1. The fraction of sp³-hybridized carbons (Fsp3) is 0.588. The van der Waals surface area contributed by atoms with E-state index in [1.54, 1.807) is 7.11 Å². The van der Waals surface area contributed by atoms with Crippen molar-refractivity contribution in [1.82, 2.24) is 9.80 Å². The molecule has 1 unspecified atom stereocenters. The summed E-state index contributed by atoms with van der Waals surface area (Å²) in [5.74, 6) is 1.44. The second-order valence-electron chi connectivity index (χ2n) is 6.50. The third-order valence-corrected chi connectivity index (χ3v) is 6.63. The topological polar surface area (TPSA) is 66.9 Å². The highest BCUT2D eigenvalue weighted by Crippen LogP contribution is 2.20. The molecule has 0 spiro atoms. The Bertz CT molecular complexity index is 696. The molecular formula is C17H24N2O4S. The number of benzene rings is 1. The van der Waals surface area contributed by atoms with Crippen molar-refractivity contribution >= 4 is 15.7 Å². The Kier molecular flexibility index (Phi) is 5.10. The van der Waals surface area contributed by atoms with Crippen LogP contribution in [-0.2, 0) is 21.1 Å². The van der Waals surface area contributed by atoms with Gasteiger partial charge in [-0.05, 0) is 24.1 Å². The highest BCUT2D eigenvalue weighted by atomic mass is 32.2. The molecule has 2 saturated heterocycles. The SMILES string of the molecule is COc1cccc(CC(=O)N2CCN(C3CCS(=O)(=O)C3)CC2)c1. The molecule has 2 fully saturated rings. The summed E-state index contributed by atoms with van der Waals surface area (Å²) in [4.78, 5) is 16.6. The van der Waals surface area contributed by atoms with Gasteiger partial charge in [-0.2, -0.15) is 0 Å². The third kappa shape index (κ3) is 4.08. The molecule has 0 radical (unpaired) electrons. The van der Waals surface area contributed by atoms with E-state index in [9.17, 15) is 13.2 Å². The molecule has 1 aromatic carbocycles. The molecule has 0 N–H and O–H groups in total. The summed E-state index contributed by atoms with van der Waals surface area (Å²) in [6.07, 6.45) is 1.09. The van der Waals surface area contributed by atoms with Gasteiger partial charge in [-0.15, -0.1) is 0 Å². The highest BCUT2D eigenvalue weighted by molar-refractivity contribution is 7.91. The maximum Gasteiger partial charge on any atom is 0.227 e. The first-order valence-electron chi connectivity index (χ1n) is 8.32. The number of hydrogen-bond donors (Lipinski definition) is 0. The van der Waals surface area contributed by atoms with E-state index >= 15 is 0 Å². The predicted octanol–water partition coefficient (Wildman–Crippen LogP) is 0.569. The van der Waals surface area contributed by atoms with Crippen molar-refractivity contribution in [1.29, 1.82) is 0 Å². The minimum atomic E-state index is -2.86. The zero-order valence-corrected chi connectivity index (χ0v) is 14.8. The number of methoxy groups -OCH3 is 1. The molecule has 0 aromatic heterocycles. The number of ether oxygens (including phenoxy) is 1. The fourth-order valence-electron chi connectivity index (χ4n) is 3.47. The quantitative estimate of drug-likeness (QED) is 0.793. The molecule has 0 aliphatic carbocycles. The number of hydrogen-bond acceptors (Lipinski definition) is 5. The van der Waals surface area contributed by atoms with Crippen LogP contribution in [0.25, 0.3) is 0 Å². The summed E-state index contributed by atoms with van der Waals surface area (Å²) in [7, 11) is -1.24. The van der Waals surface area contributed by atoms with Gasteiger partial charge in [-0.1, -0.05) is 12.1 Å². The number of carbonyl (C=O) groups is 1. The van der Waals surface area contributed by atoms with E-state index in [4.69, 9.17) is 4.74 Å². The van der Waals surface area contributed by atoms with Gasteiger partial charge in [0.05, 0.1) is 25.0 Å². The van der Waals surface area contributed by atoms with E-state index in [2.05, 4.69) is 4.90 Å². The molecule has 7 heteroatoms. The number of sulfone groups is 1. The molecule has 6 nitrogen and oxygen atoms in total. The Morgan fingerprint density at radius 2 is 2.00 bits per heavy atom. The second kappa shape index (κ2) is 7.11. The molecular weight excluding hydrogens is 328 g/mol. The van der Waals surface area contributed by atoms with E-state index in [1.807, 2.05) is 29.2 Å². The average molecular weight is 352 g/mol. The van der Waals surface area contributed by atoms with Gasteiger partial charge < -0.3 is 9.64 Å². The van der Waals surface area contributed by atoms with Crippen LogP contribution < -0.4 is 4.74 Å². The molecule has 1 aromatic rings. The summed E-state index contributed by atoms with van der Waals surface area (Å²) in [6, 6.07) is 7.70. The largest absolute Gasteiger partial charge is 0.497 e. The van der Waals surface area contributed by atoms with E-state index in [1.165, 1.54) is 0 Å². The van der Waals surface area contributed by atoms with Crippen LogP contribution in [0.4, 0.5) is 0 Å². The first kappa shape index (κ1) is 17.2.